The first-order valence-corrected chi connectivity index (χ1v) is 5.80. The molecule has 104 valence electrons. The van der Waals surface area contributed by atoms with Crippen LogP contribution in [0.4, 0.5) is 24.5 Å². The number of halogens is 3. The molecule has 0 aliphatic carbocycles. The van der Waals surface area contributed by atoms with E-state index in [1.807, 2.05) is 0 Å². The number of nitrogens with one attached hydrogen (secondary N) is 2. The van der Waals surface area contributed by atoms with Crippen molar-refractivity contribution in [2.75, 3.05) is 17.2 Å². The van der Waals surface area contributed by atoms with Gasteiger partial charge in [-0.05, 0) is 24.3 Å². The van der Waals surface area contributed by atoms with Crippen molar-refractivity contribution >= 4 is 17.3 Å². The molecule has 0 aromatic heterocycles. The molecule has 2 aromatic carbocycles. The Bertz CT molecular complexity index is 617. The Labute approximate surface area is 113 Å². The molecule has 20 heavy (non-hydrogen) atoms. The molecular formula is C14H11F3N2O. The third kappa shape index (κ3) is 3.28. The molecule has 0 atom stereocenters. The predicted octanol–water partition coefficient (Wildman–Crippen LogP) is 3.15. The Morgan fingerprint density at radius 3 is 2.35 bits per heavy atom. The minimum absolute atomic E-state index is 0.267. The average molecular weight is 280 g/mol. The predicted molar refractivity (Wildman–Crippen MR) is 69.9 cm³/mol. The second kappa shape index (κ2) is 6.10. The molecule has 0 saturated carbocycles. The van der Waals surface area contributed by atoms with E-state index in [1.54, 1.807) is 30.3 Å². The fraction of sp³-hybridized carbons (Fsp3) is 0.0714. The van der Waals surface area contributed by atoms with Gasteiger partial charge in [0.15, 0.2) is 17.5 Å². The fourth-order valence-corrected chi connectivity index (χ4v) is 1.56. The molecular weight excluding hydrogens is 269 g/mol. The zero-order chi connectivity index (χ0) is 14.5. The molecule has 3 nitrogen and oxygen atoms in total. The number of carbonyl (C=O) groups excluding carboxylic acids is 1. The van der Waals surface area contributed by atoms with E-state index in [1.165, 1.54) is 0 Å². The molecule has 6 heteroatoms. The van der Waals surface area contributed by atoms with Crippen molar-refractivity contribution in [2.24, 2.45) is 0 Å². The summed E-state index contributed by atoms with van der Waals surface area (Å²) in [6.07, 6.45) is 0. The van der Waals surface area contributed by atoms with Crippen molar-refractivity contribution in [3.8, 4) is 0 Å². The largest absolute Gasteiger partial charge is 0.374 e. The molecule has 0 unspecified atom stereocenters. The van der Waals surface area contributed by atoms with Crippen molar-refractivity contribution in [3.05, 3.63) is 59.9 Å². The number of rotatable bonds is 4. The van der Waals surface area contributed by atoms with Gasteiger partial charge in [-0.2, -0.15) is 0 Å². The van der Waals surface area contributed by atoms with Crippen LogP contribution in [0.3, 0.4) is 0 Å². The summed E-state index contributed by atoms with van der Waals surface area (Å²) in [5.74, 6) is -4.63. The molecule has 2 rings (SSSR count). The highest BCUT2D eigenvalue weighted by molar-refractivity contribution is 5.93. The molecule has 0 fully saturated rings. The number of hydrogen-bond acceptors (Lipinski definition) is 2. The highest BCUT2D eigenvalue weighted by Crippen LogP contribution is 2.19. The molecule has 1 amide bonds. The Kier molecular flexibility index (Phi) is 4.24. The number of amides is 1. The van der Waals surface area contributed by atoms with Gasteiger partial charge in [0, 0.05) is 5.69 Å². The lowest BCUT2D eigenvalue weighted by atomic mass is 10.2. The summed E-state index contributed by atoms with van der Waals surface area (Å²) in [7, 11) is 0. The van der Waals surface area contributed by atoms with Crippen LogP contribution < -0.4 is 10.6 Å². The van der Waals surface area contributed by atoms with E-state index < -0.39 is 23.4 Å². The number of hydrogen-bond donors (Lipinski definition) is 2. The van der Waals surface area contributed by atoms with E-state index in [4.69, 9.17) is 0 Å². The monoisotopic (exact) mass is 280 g/mol. The molecule has 0 bridgehead atoms. The quantitative estimate of drug-likeness (QED) is 0.845. The summed E-state index contributed by atoms with van der Waals surface area (Å²) in [6, 6.07) is 10.5. The third-order valence-corrected chi connectivity index (χ3v) is 2.53. The fourth-order valence-electron chi connectivity index (χ4n) is 1.56. The minimum atomic E-state index is -1.57. The van der Waals surface area contributed by atoms with Gasteiger partial charge in [0.05, 0.1) is 12.2 Å². The lowest BCUT2D eigenvalue weighted by Crippen LogP contribution is -2.22. The third-order valence-electron chi connectivity index (χ3n) is 2.53. The van der Waals surface area contributed by atoms with Crippen molar-refractivity contribution in [1.82, 2.24) is 0 Å². The summed E-state index contributed by atoms with van der Waals surface area (Å²) in [5.41, 5.74) is 0.317. The maximum absolute atomic E-state index is 13.3. The lowest BCUT2D eigenvalue weighted by Gasteiger charge is -2.09. The lowest BCUT2D eigenvalue weighted by molar-refractivity contribution is -0.114. The molecule has 2 N–H and O–H groups in total. The van der Waals surface area contributed by atoms with Gasteiger partial charge in [-0.15, -0.1) is 0 Å². The smallest absolute Gasteiger partial charge is 0.243 e. The van der Waals surface area contributed by atoms with Crippen LogP contribution in [-0.2, 0) is 4.79 Å². The molecule has 0 saturated heterocycles. The SMILES string of the molecule is O=C(CNc1ccc(F)c(F)c1F)Nc1ccccc1. The van der Waals surface area contributed by atoms with Gasteiger partial charge < -0.3 is 10.6 Å². The van der Waals surface area contributed by atoms with Crippen LogP contribution in [0.2, 0.25) is 0 Å². The zero-order valence-electron chi connectivity index (χ0n) is 10.3. The summed E-state index contributed by atoms with van der Waals surface area (Å²) >= 11 is 0. The Balaban J connectivity index is 1.96. The Hall–Kier alpha value is -2.50. The van der Waals surface area contributed by atoms with E-state index >= 15 is 0 Å². The average Bonchev–Trinajstić information content (AvgIpc) is 2.45. The summed E-state index contributed by atoms with van der Waals surface area (Å²) in [4.78, 5) is 11.6. The van der Waals surface area contributed by atoms with Crippen molar-refractivity contribution in [2.45, 2.75) is 0 Å². The maximum atomic E-state index is 13.3. The molecule has 0 aliphatic rings. The van der Waals surface area contributed by atoms with E-state index in [2.05, 4.69) is 10.6 Å². The van der Waals surface area contributed by atoms with E-state index in [0.29, 0.717) is 5.69 Å². The Morgan fingerprint density at radius 2 is 1.65 bits per heavy atom. The first-order chi connectivity index (χ1) is 9.58. The summed E-state index contributed by atoms with van der Waals surface area (Å²) in [6.45, 7) is -0.267. The second-order valence-electron chi connectivity index (χ2n) is 3.99. The first-order valence-electron chi connectivity index (χ1n) is 5.80. The van der Waals surface area contributed by atoms with Crippen molar-refractivity contribution < 1.29 is 18.0 Å². The van der Waals surface area contributed by atoms with Gasteiger partial charge in [0.1, 0.15) is 0 Å². The van der Waals surface area contributed by atoms with Gasteiger partial charge >= 0.3 is 0 Å². The maximum Gasteiger partial charge on any atom is 0.243 e. The molecule has 0 aliphatic heterocycles. The van der Waals surface area contributed by atoms with Crippen LogP contribution in [0, 0.1) is 17.5 Å². The molecule has 0 spiro atoms. The highest BCUT2D eigenvalue weighted by Gasteiger charge is 2.13. The van der Waals surface area contributed by atoms with Crippen LogP contribution in [0.25, 0.3) is 0 Å². The number of benzene rings is 2. The number of para-hydroxylation sites is 1. The minimum Gasteiger partial charge on any atom is -0.374 e. The zero-order valence-corrected chi connectivity index (χ0v) is 10.3. The molecule has 0 heterocycles. The van der Waals surface area contributed by atoms with Gasteiger partial charge in [0.25, 0.3) is 0 Å². The van der Waals surface area contributed by atoms with Gasteiger partial charge in [-0.3, -0.25) is 4.79 Å². The standard InChI is InChI=1S/C14H11F3N2O/c15-10-6-7-11(14(17)13(10)16)18-8-12(20)19-9-4-2-1-3-5-9/h1-7,18H,8H2,(H,19,20). The van der Waals surface area contributed by atoms with Crippen LogP contribution in [0.15, 0.2) is 42.5 Å². The molecule has 0 radical (unpaired) electrons. The van der Waals surface area contributed by atoms with Crippen molar-refractivity contribution in [3.63, 3.8) is 0 Å². The summed E-state index contributed by atoms with van der Waals surface area (Å²) < 4.78 is 39.0. The van der Waals surface area contributed by atoms with E-state index in [-0.39, 0.29) is 12.2 Å². The first kappa shape index (κ1) is 13.9. The van der Waals surface area contributed by atoms with Gasteiger partial charge in [-0.25, -0.2) is 13.2 Å². The van der Waals surface area contributed by atoms with Crippen LogP contribution in [0.1, 0.15) is 0 Å². The number of anilines is 2. The van der Waals surface area contributed by atoms with E-state index in [9.17, 15) is 18.0 Å². The van der Waals surface area contributed by atoms with Gasteiger partial charge in [-0.1, -0.05) is 18.2 Å². The number of carbonyl (C=O) groups is 1. The highest BCUT2D eigenvalue weighted by atomic mass is 19.2. The summed E-state index contributed by atoms with van der Waals surface area (Å²) in [5, 5.41) is 4.97. The molecule has 2 aromatic rings. The van der Waals surface area contributed by atoms with Crippen molar-refractivity contribution in [1.29, 1.82) is 0 Å². The topological polar surface area (TPSA) is 41.1 Å². The van der Waals surface area contributed by atoms with Crippen LogP contribution in [0.5, 0.6) is 0 Å². The van der Waals surface area contributed by atoms with Crippen LogP contribution in [-0.4, -0.2) is 12.5 Å². The Morgan fingerprint density at radius 1 is 0.950 bits per heavy atom. The van der Waals surface area contributed by atoms with E-state index in [0.717, 1.165) is 12.1 Å². The normalized spacial score (nSPS) is 10.2. The van der Waals surface area contributed by atoms with Gasteiger partial charge in [0.2, 0.25) is 5.91 Å². The van der Waals surface area contributed by atoms with Crippen LogP contribution >= 0.6 is 0 Å². The second-order valence-corrected chi connectivity index (χ2v) is 3.99.